The predicted octanol–water partition coefficient (Wildman–Crippen LogP) is 17.5. The second kappa shape index (κ2) is 16.6. The van der Waals surface area contributed by atoms with Crippen LogP contribution in [0.2, 0.25) is 13.1 Å². The van der Waals surface area contributed by atoms with Crippen molar-refractivity contribution in [3.05, 3.63) is 178 Å². The van der Waals surface area contributed by atoms with E-state index in [9.17, 15) is 0 Å². The second-order valence-corrected chi connectivity index (χ2v) is 61.5. The van der Waals surface area contributed by atoms with Crippen LogP contribution in [0.3, 0.4) is 0 Å². The fourth-order valence-electron chi connectivity index (χ4n) is 10.7. The molecule has 2 unspecified atom stereocenters. The Morgan fingerprint density at radius 3 is 1.07 bits per heavy atom. The summed E-state index contributed by atoms with van der Waals surface area (Å²) in [5.74, 6) is -0.567. The van der Waals surface area contributed by atoms with Gasteiger partial charge in [-0.05, 0) is 0 Å². The molecule has 0 heterocycles. The molecule has 2 aliphatic rings. The molecule has 0 saturated carbocycles. The zero-order valence-corrected chi connectivity index (χ0v) is 42.3. The Morgan fingerprint density at radius 1 is 0.417 bits per heavy atom. The van der Waals surface area contributed by atoms with E-state index in [1.165, 1.54) is 89.0 Å². The first-order valence-electron chi connectivity index (χ1n) is 22.3. The molecule has 0 fully saturated rings. The van der Waals surface area contributed by atoms with Crippen molar-refractivity contribution in [3.63, 3.8) is 0 Å². The first kappa shape index (κ1) is 43.1. The van der Waals surface area contributed by atoms with Crippen LogP contribution in [0.5, 0.6) is 0 Å². The molecule has 2 aliphatic carbocycles. The summed E-state index contributed by atoms with van der Waals surface area (Å²) in [7, 11) is 18.2. The van der Waals surface area contributed by atoms with E-state index in [1.807, 2.05) is 0 Å². The van der Waals surface area contributed by atoms with Crippen molar-refractivity contribution in [1.29, 1.82) is 0 Å². The van der Waals surface area contributed by atoms with Gasteiger partial charge in [-0.25, -0.2) is 0 Å². The van der Waals surface area contributed by atoms with Gasteiger partial charge in [0.25, 0.3) is 0 Å². The number of hydrogen-bond acceptors (Lipinski definition) is 0. The maximum atomic E-state index is 9.09. The van der Waals surface area contributed by atoms with Crippen molar-refractivity contribution < 1.29 is 15.6 Å². The molecule has 0 spiro atoms. The Labute approximate surface area is 369 Å². The molecule has 60 heavy (non-hydrogen) atoms. The van der Waals surface area contributed by atoms with Gasteiger partial charge in [-0.3, -0.25) is 0 Å². The third-order valence-corrected chi connectivity index (χ3v) is 65.5. The van der Waals surface area contributed by atoms with Crippen LogP contribution in [-0.2, 0) is 15.6 Å². The molecule has 307 valence electrons. The molecule has 0 bridgehead atoms. The van der Waals surface area contributed by atoms with Crippen molar-refractivity contribution >= 4 is 35.1 Å². The summed E-state index contributed by atoms with van der Waals surface area (Å²) < 4.78 is 0.00596. The monoisotopic (exact) mass is 921 g/mol. The van der Waals surface area contributed by atoms with E-state index < -0.39 is 21.5 Å². The fraction of sp³-hybridized carbons (Fsp3) is 0.286. The van der Waals surface area contributed by atoms with Gasteiger partial charge in [0.1, 0.15) is 0 Å². The van der Waals surface area contributed by atoms with E-state index in [4.69, 9.17) is 17.0 Å². The van der Waals surface area contributed by atoms with Crippen LogP contribution in [-0.4, -0.2) is 5.92 Å². The molecule has 6 aromatic rings. The average Bonchev–Trinajstić information content (AvgIpc) is 3.85. The predicted molar refractivity (Wildman–Crippen MR) is 265 cm³/mol. The molecule has 0 amide bonds. The average molecular weight is 924 g/mol. The molecular formula is C56H61Cl2SiZr. The molecule has 0 saturated heterocycles. The van der Waals surface area contributed by atoms with Gasteiger partial charge in [-0.2, -0.15) is 0 Å². The van der Waals surface area contributed by atoms with Crippen LogP contribution in [0.25, 0.3) is 56.7 Å². The number of fused-ring (bicyclic) bond motifs is 2. The third kappa shape index (κ3) is 7.07. The molecule has 0 nitrogen and oxygen atoms in total. The molecule has 0 radical (unpaired) electrons. The van der Waals surface area contributed by atoms with Gasteiger partial charge in [-0.1, -0.05) is 0 Å². The quantitative estimate of drug-likeness (QED) is 0.114. The van der Waals surface area contributed by atoms with Crippen molar-refractivity contribution in [1.82, 2.24) is 0 Å². The van der Waals surface area contributed by atoms with Gasteiger partial charge in [0, 0.05) is 0 Å². The van der Waals surface area contributed by atoms with E-state index in [0.717, 1.165) is 0 Å². The second-order valence-electron chi connectivity index (χ2n) is 19.0. The fourth-order valence-corrected chi connectivity index (χ4v) is 42.2. The van der Waals surface area contributed by atoms with Crippen LogP contribution in [0.1, 0.15) is 108 Å². The zero-order chi connectivity index (χ0) is 42.7. The van der Waals surface area contributed by atoms with Crippen LogP contribution < -0.4 is 0 Å². The Kier molecular flexibility index (Phi) is 12.0. The van der Waals surface area contributed by atoms with E-state index in [1.54, 1.807) is 0 Å². The van der Waals surface area contributed by atoms with Gasteiger partial charge in [0.2, 0.25) is 0 Å². The van der Waals surface area contributed by atoms with Gasteiger partial charge in [0.15, 0.2) is 0 Å². The number of halogens is 2. The van der Waals surface area contributed by atoms with Gasteiger partial charge < -0.3 is 0 Å². The summed E-state index contributed by atoms with van der Waals surface area (Å²) in [4.78, 5) is 0. The molecule has 0 aliphatic heterocycles. The molecule has 8 rings (SSSR count). The Hall–Kier alpha value is -3.52. The summed E-state index contributed by atoms with van der Waals surface area (Å²) in [5.41, 5.74) is 21.2. The summed E-state index contributed by atoms with van der Waals surface area (Å²) >= 11 is -5.15. The van der Waals surface area contributed by atoms with Crippen molar-refractivity contribution in [3.8, 4) is 44.5 Å². The number of allylic oxidation sites excluding steroid dienone is 2. The Morgan fingerprint density at radius 2 is 0.750 bits per heavy atom. The van der Waals surface area contributed by atoms with E-state index in [-0.39, 0.29) is 19.1 Å². The van der Waals surface area contributed by atoms with Crippen molar-refractivity contribution in [2.45, 2.75) is 87.6 Å². The van der Waals surface area contributed by atoms with Crippen LogP contribution in [0.15, 0.2) is 145 Å². The minimum absolute atomic E-state index is 0.00298. The number of hydrogen-bond donors (Lipinski definition) is 0. The van der Waals surface area contributed by atoms with Crippen LogP contribution >= 0.6 is 17.0 Å². The van der Waals surface area contributed by atoms with E-state index in [0.29, 0.717) is 11.8 Å². The zero-order valence-electron chi connectivity index (χ0n) is 37.2. The first-order chi connectivity index (χ1) is 28.6. The Bertz CT molecular complexity index is 2450. The molecule has 6 aromatic carbocycles. The molecular weight excluding hydrogens is 863 g/mol. The summed E-state index contributed by atoms with van der Waals surface area (Å²) in [6.45, 7) is 23.8. The van der Waals surface area contributed by atoms with Crippen LogP contribution in [0.4, 0.5) is 0 Å². The van der Waals surface area contributed by atoms with Gasteiger partial charge >= 0.3 is 373 Å². The van der Waals surface area contributed by atoms with Crippen molar-refractivity contribution in [2.75, 3.05) is 0 Å². The standard InChI is InChI=1S/2C27H27.C2H7Si.2ClH.Zr/c2*1-18(2)22-16-21-14-15-23(19(3)4)27(26(21)17-22)25-13-9-8-12-24(25)20-10-6-5-7-11-20;1-3-2;;;/h2*5-19H,1-4H3;3H,1-2H3;2*1H;/q;;;;;+2/p-2. The number of rotatable bonds is 11. The molecule has 0 aromatic heterocycles. The molecule has 4 heteroatoms. The minimum atomic E-state index is -5.15. The van der Waals surface area contributed by atoms with E-state index >= 15 is 0 Å². The number of benzene rings is 6. The molecule has 2 atom stereocenters. The van der Waals surface area contributed by atoms with E-state index in [2.05, 4.69) is 214 Å². The SMILES string of the molecule is CC(C)C1=Cc2c(ccc(C(C)C)c2-c2ccccc2-c2ccccc2)[CH]1[Zr]([Cl])([Cl])([CH]1C(C(C)C)=Cc2c1ccc(C(C)C)c2-c1ccccc1-c1ccccc1)[SiH](C)C. The van der Waals surface area contributed by atoms with Gasteiger partial charge in [-0.15, -0.1) is 0 Å². The summed E-state index contributed by atoms with van der Waals surface area (Å²) in [6, 6.07) is 49.5. The molecule has 0 N–H and O–H groups in total. The van der Waals surface area contributed by atoms with Crippen LogP contribution in [0, 0.1) is 11.8 Å². The van der Waals surface area contributed by atoms with Crippen molar-refractivity contribution in [2.24, 2.45) is 11.8 Å². The maximum absolute atomic E-state index is 9.09. The normalized spacial score (nSPS) is 17.0. The summed E-state index contributed by atoms with van der Waals surface area (Å²) in [5, 5.41) is 0. The first-order valence-corrected chi connectivity index (χ1v) is 38.6. The topological polar surface area (TPSA) is 0 Å². The van der Waals surface area contributed by atoms with Gasteiger partial charge in [0.05, 0.1) is 0 Å². The Balaban J connectivity index is 1.42. The third-order valence-electron chi connectivity index (χ3n) is 13.9. The summed E-state index contributed by atoms with van der Waals surface area (Å²) in [6.07, 6.45) is 5.11.